The van der Waals surface area contributed by atoms with Gasteiger partial charge in [-0.2, -0.15) is 0 Å². The molecule has 1 N–H and O–H groups in total. The fourth-order valence-corrected chi connectivity index (χ4v) is 5.24. The third-order valence-electron chi connectivity index (χ3n) is 7.32. The van der Waals surface area contributed by atoms with E-state index in [0.717, 1.165) is 52.2 Å². The number of pyridine rings is 1. The molecule has 6 heteroatoms. The Morgan fingerprint density at radius 1 is 1.11 bits per heavy atom. The first-order valence-electron chi connectivity index (χ1n) is 12.5. The van der Waals surface area contributed by atoms with Crippen LogP contribution in [0.1, 0.15) is 61.1 Å². The predicted octanol–water partition coefficient (Wildman–Crippen LogP) is 6.64. The smallest absolute Gasteiger partial charge is 0.138 e. The Morgan fingerprint density at radius 3 is 2.58 bits per heavy atom. The van der Waals surface area contributed by atoms with Crippen molar-refractivity contribution < 1.29 is 14.2 Å². The number of rotatable bonds is 5. The first-order chi connectivity index (χ1) is 17.2. The van der Waals surface area contributed by atoms with Crippen LogP contribution in [-0.4, -0.2) is 34.6 Å². The van der Waals surface area contributed by atoms with E-state index in [4.69, 9.17) is 16.3 Å². The number of halogens is 2. The number of nitrogens with zero attached hydrogens (tertiary/aromatic N) is 2. The highest BCUT2D eigenvalue weighted by atomic mass is 35.5. The summed E-state index contributed by atoms with van der Waals surface area (Å²) in [6.07, 6.45) is 5.79. The number of fused-ring (bicyclic) bond motifs is 2. The largest absolute Gasteiger partial charge is 0.487 e. The number of alkyl halides is 1. The minimum atomic E-state index is -1.30. The lowest BCUT2D eigenvalue weighted by Gasteiger charge is -2.36. The summed E-state index contributed by atoms with van der Waals surface area (Å²) in [5, 5.41) is 11.2. The Hall–Kier alpha value is -2.73. The third kappa shape index (κ3) is 5.19. The molecule has 0 amide bonds. The van der Waals surface area contributed by atoms with Crippen LogP contribution in [0.4, 0.5) is 4.39 Å². The summed E-state index contributed by atoms with van der Waals surface area (Å²) in [6.45, 7) is 6.24. The molecular formula is C30H32ClFN2O2. The molecule has 2 aromatic carbocycles. The molecule has 1 aromatic heterocycles. The van der Waals surface area contributed by atoms with E-state index < -0.39 is 11.3 Å². The van der Waals surface area contributed by atoms with E-state index in [1.165, 1.54) is 0 Å². The summed E-state index contributed by atoms with van der Waals surface area (Å²) in [4.78, 5) is 6.89. The van der Waals surface area contributed by atoms with Crippen molar-refractivity contribution >= 4 is 17.2 Å². The lowest BCUT2D eigenvalue weighted by atomic mass is 9.86. The van der Waals surface area contributed by atoms with Crippen LogP contribution in [0, 0.1) is 0 Å². The monoisotopic (exact) mass is 506 g/mol. The Kier molecular flexibility index (Phi) is 6.90. The zero-order valence-corrected chi connectivity index (χ0v) is 21.6. The highest BCUT2D eigenvalue weighted by Crippen LogP contribution is 2.40. The highest BCUT2D eigenvalue weighted by molar-refractivity contribution is 6.30. The van der Waals surface area contributed by atoms with Crippen molar-refractivity contribution in [3.63, 3.8) is 0 Å². The molecule has 0 unspecified atom stereocenters. The van der Waals surface area contributed by atoms with Gasteiger partial charge in [-0.1, -0.05) is 41.9 Å². The molecule has 3 aromatic rings. The zero-order valence-electron chi connectivity index (χ0n) is 20.8. The molecule has 4 nitrogen and oxygen atoms in total. The van der Waals surface area contributed by atoms with Gasteiger partial charge in [0.25, 0.3) is 0 Å². The number of likely N-dealkylation sites (tertiary alicyclic amines) is 1. The Bertz CT molecular complexity index is 1260. The molecule has 0 saturated carbocycles. The molecular weight excluding hydrogens is 475 g/mol. The summed E-state index contributed by atoms with van der Waals surface area (Å²) in [6, 6.07) is 17.0. The van der Waals surface area contributed by atoms with Gasteiger partial charge in [-0.15, -0.1) is 0 Å². The third-order valence-corrected chi connectivity index (χ3v) is 7.58. The lowest BCUT2D eigenvalue weighted by Crippen LogP contribution is -2.40. The van der Waals surface area contributed by atoms with Crippen molar-refractivity contribution in [2.45, 2.75) is 51.0 Å². The second-order valence-electron chi connectivity index (χ2n) is 10.3. The average molecular weight is 507 g/mol. The van der Waals surface area contributed by atoms with Gasteiger partial charge in [0.2, 0.25) is 0 Å². The first-order valence-corrected chi connectivity index (χ1v) is 12.9. The van der Waals surface area contributed by atoms with Crippen molar-refractivity contribution in [3.8, 4) is 5.75 Å². The van der Waals surface area contributed by atoms with Gasteiger partial charge in [-0.05, 0) is 80.1 Å². The zero-order chi connectivity index (χ0) is 25.3. The molecule has 0 aliphatic carbocycles. The number of benzene rings is 2. The van der Waals surface area contributed by atoms with Crippen LogP contribution in [0.5, 0.6) is 5.75 Å². The maximum Gasteiger partial charge on any atom is 0.138 e. The second kappa shape index (κ2) is 9.97. The molecule has 188 valence electrons. The maximum absolute atomic E-state index is 15.6. The molecule has 0 spiro atoms. The molecule has 0 radical (unpaired) electrons. The minimum Gasteiger partial charge on any atom is -0.487 e. The minimum absolute atomic E-state index is 0.401. The van der Waals surface area contributed by atoms with Crippen molar-refractivity contribution in [1.29, 1.82) is 0 Å². The van der Waals surface area contributed by atoms with Crippen LogP contribution in [0.25, 0.3) is 5.57 Å². The van der Waals surface area contributed by atoms with Crippen molar-refractivity contribution in [1.82, 2.24) is 9.88 Å². The van der Waals surface area contributed by atoms with Gasteiger partial charge in [0, 0.05) is 42.0 Å². The molecule has 3 heterocycles. The van der Waals surface area contributed by atoms with Crippen molar-refractivity contribution in [2.75, 3.05) is 19.6 Å². The SMILES string of the molecule is CC(C)(O)c1ccc2c(c1)C(=CCCN1CCC(F)(c3ccc(Cl)cc3)CC1)c1cccnc1CO2. The van der Waals surface area contributed by atoms with Crippen LogP contribution in [0.15, 0.2) is 66.9 Å². The van der Waals surface area contributed by atoms with E-state index in [9.17, 15) is 5.11 Å². The van der Waals surface area contributed by atoms with E-state index in [2.05, 4.69) is 22.0 Å². The quantitative estimate of drug-likeness (QED) is 0.421. The second-order valence-corrected chi connectivity index (χ2v) is 10.7. The molecule has 0 bridgehead atoms. The molecule has 1 fully saturated rings. The molecule has 2 aliphatic rings. The van der Waals surface area contributed by atoms with Gasteiger partial charge in [-0.3, -0.25) is 4.98 Å². The number of hydrogen-bond donors (Lipinski definition) is 1. The van der Waals surface area contributed by atoms with Crippen LogP contribution in [0.3, 0.4) is 0 Å². The number of hydrogen-bond acceptors (Lipinski definition) is 4. The summed E-state index contributed by atoms with van der Waals surface area (Å²) in [5.41, 5.74) is 3.27. The average Bonchev–Trinajstić information content (AvgIpc) is 3.02. The summed E-state index contributed by atoms with van der Waals surface area (Å²) in [7, 11) is 0. The van der Waals surface area contributed by atoms with E-state index in [0.29, 0.717) is 37.6 Å². The first kappa shape index (κ1) is 24.9. The van der Waals surface area contributed by atoms with E-state index in [-0.39, 0.29) is 0 Å². The fraction of sp³-hybridized carbons (Fsp3) is 0.367. The summed E-state index contributed by atoms with van der Waals surface area (Å²) >= 11 is 5.98. The van der Waals surface area contributed by atoms with Gasteiger partial charge >= 0.3 is 0 Å². The van der Waals surface area contributed by atoms with E-state index in [1.807, 2.05) is 24.3 Å². The normalized spacial score (nSPS) is 18.8. The number of piperidine rings is 1. The highest BCUT2D eigenvalue weighted by Gasteiger charge is 2.36. The van der Waals surface area contributed by atoms with Gasteiger partial charge in [0.1, 0.15) is 18.0 Å². The summed E-state index contributed by atoms with van der Waals surface area (Å²) in [5.74, 6) is 0.787. The van der Waals surface area contributed by atoms with Crippen molar-refractivity contribution in [3.05, 3.63) is 99.8 Å². The number of aliphatic hydroxyl groups is 1. The Labute approximate surface area is 217 Å². The van der Waals surface area contributed by atoms with Gasteiger partial charge in [0.15, 0.2) is 0 Å². The van der Waals surface area contributed by atoms with Crippen LogP contribution < -0.4 is 4.74 Å². The fourth-order valence-electron chi connectivity index (χ4n) is 5.12. The molecule has 1 saturated heterocycles. The van der Waals surface area contributed by atoms with Gasteiger partial charge < -0.3 is 14.7 Å². The number of ether oxygens (including phenoxy) is 1. The molecule has 2 aliphatic heterocycles. The van der Waals surface area contributed by atoms with Crippen LogP contribution in [0.2, 0.25) is 5.02 Å². The van der Waals surface area contributed by atoms with Gasteiger partial charge in [0.05, 0.1) is 11.3 Å². The topological polar surface area (TPSA) is 45.6 Å². The predicted molar refractivity (Wildman–Crippen MR) is 142 cm³/mol. The standard InChI is InChI=1S/C30H32ClFN2O2/c1-29(2,35)22-9-12-28-26(19-22)24(25-5-3-15-33-27(25)20-36-28)6-4-16-34-17-13-30(32,14-18-34)21-7-10-23(31)11-8-21/h3,5-12,15,19,35H,4,13-14,16-18,20H2,1-2H3. The Balaban J connectivity index is 1.34. The van der Waals surface area contributed by atoms with Crippen molar-refractivity contribution in [2.24, 2.45) is 0 Å². The Morgan fingerprint density at radius 2 is 1.86 bits per heavy atom. The molecule has 0 atom stereocenters. The molecule has 5 rings (SSSR count). The molecule has 36 heavy (non-hydrogen) atoms. The van der Waals surface area contributed by atoms with E-state index >= 15 is 4.39 Å². The number of aromatic nitrogens is 1. The van der Waals surface area contributed by atoms with Crippen LogP contribution in [-0.2, 0) is 17.9 Å². The van der Waals surface area contributed by atoms with Gasteiger partial charge in [-0.25, -0.2) is 4.39 Å². The maximum atomic E-state index is 15.6. The lowest BCUT2D eigenvalue weighted by molar-refractivity contribution is 0.0568. The van der Waals surface area contributed by atoms with E-state index in [1.54, 1.807) is 44.3 Å². The summed E-state index contributed by atoms with van der Waals surface area (Å²) < 4.78 is 21.7. The van der Waals surface area contributed by atoms with Crippen LogP contribution >= 0.6 is 11.6 Å².